The third-order valence-electron chi connectivity index (χ3n) is 5.60. The number of aromatic amines is 1. The Kier molecular flexibility index (Phi) is 9.04. The summed E-state index contributed by atoms with van der Waals surface area (Å²) >= 11 is 6.28. The molecule has 34 heavy (non-hydrogen) atoms. The molecule has 0 aliphatic rings. The minimum Gasteiger partial charge on any atom is -0.383 e. The van der Waals surface area contributed by atoms with E-state index in [9.17, 15) is 9.59 Å². The molecule has 0 aliphatic carbocycles. The number of allylic oxidation sites excluding steroid dienone is 2. The Hall–Kier alpha value is -2.94. The molecule has 0 amide bonds. The number of H-pyrrole nitrogens is 1. The van der Waals surface area contributed by atoms with E-state index >= 15 is 0 Å². The van der Waals surface area contributed by atoms with Crippen LogP contribution in [0.1, 0.15) is 20.3 Å². The predicted octanol–water partition coefficient (Wildman–Crippen LogP) is 3.77. The number of rotatable bonds is 11. The predicted molar refractivity (Wildman–Crippen MR) is 139 cm³/mol. The number of hydrogen-bond acceptors (Lipinski definition) is 5. The highest BCUT2D eigenvalue weighted by Gasteiger charge is 2.19. The van der Waals surface area contributed by atoms with Crippen LogP contribution in [0.5, 0.6) is 0 Å². The standard InChI is InChI=1S/C25H32ClN5O3/c1-5-10-27-20(6-2)17-30-22(32)16-21-23(24(30)18-8-7-9-19(26)15-18)25(33)31(28-21)12-11-29(3)13-14-34-4/h6-10,15-16,28H,5,11-14,17H2,1-4H3/b20-6-,27-10?. The number of halogens is 1. The molecular weight excluding hydrogens is 454 g/mol. The van der Waals surface area contributed by atoms with Gasteiger partial charge in [0.1, 0.15) is 0 Å². The van der Waals surface area contributed by atoms with E-state index < -0.39 is 0 Å². The fourth-order valence-corrected chi connectivity index (χ4v) is 3.93. The van der Waals surface area contributed by atoms with E-state index in [2.05, 4.69) is 15.0 Å². The first-order valence-electron chi connectivity index (χ1n) is 11.4. The molecule has 1 aromatic carbocycles. The molecule has 0 radical (unpaired) electrons. The van der Waals surface area contributed by atoms with Crippen molar-refractivity contribution in [1.29, 1.82) is 0 Å². The van der Waals surface area contributed by atoms with Crippen molar-refractivity contribution in [2.75, 3.05) is 33.9 Å². The minimum atomic E-state index is -0.223. The molecule has 3 aromatic rings. The summed E-state index contributed by atoms with van der Waals surface area (Å²) in [5.41, 5.74) is 2.06. The third kappa shape index (κ3) is 5.94. The van der Waals surface area contributed by atoms with Crippen molar-refractivity contribution in [3.05, 3.63) is 67.8 Å². The summed E-state index contributed by atoms with van der Waals surface area (Å²) in [7, 11) is 3.64. The molecule has 2 aromatic heterocycles. The first kappa shape index (κ1) is 25.7. The molecule has 0 bridgehead atoms. The normalized spacial score (nSPS) is 12.5. The van der Waals surface area contributed by atoms with E-state index in [1.807, 2.05) is 39.1 Å². The number of likely N-dealkylation sites (N-methyl/N-ethyl adjacent to an activating group) is 1. The summed E-state index contributed by atoms with van der Waals surface area (Å²) in [5, 5.41) is 4.11. The van der Waals surface area contributed by atoms with Crippen molar-refractivity contribution in [2.24, 2.45) is 4.99 Å². The number of fused-ring (bicyclic) bond motifs is 1. The summed E-state index contributed by atoms with van der Waals surface area (Å²) < 4.78 is 8.27. The SMILES string of the molecule is C/C=C(/Cn1c(-c2cccc(Cl)c2)c2c(=O)n(CCN(C)CCOC)[nH]c2cc1=O)N=CCC. The van der Waals surface area contributed by atoms with Crippen molar-refractivity contribution in [1.82, 2.24) is 19.2 Å². The number of nitrogens with zero attached hydrogens (tertiary/aromatic N) is 4. The van der Waals surface area contributed by atoms with Crippen molar-refractivity contribution in [3.8, 4) is 11.3 Å². The van der Waals surface area contributed by atoms with Gasteiger partial charge in [-0.25, -0.2) is 0 Å². The molecule has 9 heteroatoms. The van der Waals surface area contributed by atoms with Crippen LogP contribution < -0.4 is 11.1 Å². The number of aliphatic imine (C=N–C) groups is 1. The van der Waals surface area contributed by atoms with Gasteiger partial charge in [-0.1, -0.05) is 36.7 Å². The summed E-state index contributed by atoms with van der Waals surface area (Å²) in [4.78, 5) is 33.3. The second-order valence-corrected chi connectivity index (χ2v) is 8.52. The first-order chi connectivity index (χ1) is 16.4. The van der Waals surface area contributed by atoms with Crippen LogP contribution in [0.2, 0.25) is 5.02 Å². The molecule has 0 saturated heterocycles. The maximum Gasteiger partial charge on any atom is 0.276 e. The maximum absolute atomic E-state index is 13.5. The van der Waals surface area contributed by atoms with E-state index in [0.29, 0.717) is 46.9 Å². The average molecular weight is 486 g/mol. The second-order valence-electron chi connectivity index (χ2n) is 8.08. The van der Waals surface area contributed by atoms with E-state index in [-0.39, 0.29) is 17.7 Å². The van der Waals surface area contributed by atoms with Crippen LogP contribution >= 0.6 is 11.6 Å². The molecule has 182 valence electrons. The lowest BCUT2D eigenvalue weighted by Gasteiger charge is -2.15. The number of benzene rings is 1. The number of aromatic nitrogens is 3. The highest BCUT2D eigenvalue weighted by atomic mass is 35.5. The van der Waals surface area contributed by atoms with E-state index in [4.69, 9.17) is 16.3 Å². The summed E-state index contributed by atoms with van der Waals surface area (Å²) in [6.07, 6.45) is 4.46. The van der Waals surface area contributed by atoms with Gasteiger partial charge in [-0.2, -0.15) is 0 Å². The van der Waals surface area contributed by atoms with E-state index in [0.717, 1.165) is 18.7 Å². The van der Waals surface area contributed by atoms with Crippen LogP contribution in [0.4, 0.5) is 0 Å². The molecule has 8 nitrogen and oxygen atoms in total. The smallest absolute Gasteiger partial charge is 0.276 e. The Bertz CT molecular complexity index is 1300. The van der Waals surface area contributed by atoms with Crippen LogP contribution in [0.15, 0.2) is 56.7 Å². The van der Waals surface area contributed by atoms with Gasteiger partial charge < -0.3 is 14.2 Å². The van der Waals surface area contributed by atoms with Crippen LogP contribution in [0.3, 0.4) is 0 Å². The topological polar surface area (TPSA) is 84.6 Å². The highest BCUT2D eigenvalue weighted by molar-refractivity contribution is 6.30. The van der Waals surface area contributed by atoms with Crippen molar-refractivity contribution < 1.29 is 4.74 Å². The number of methoxy groups -OCH3 is 1. The number of hydrogen-bond donors (Lipinski definition) is 1. The minimum absolute atomic E-state index is 0.182. The molecule has 0 saturated carbocycles. The lowest BCUT2D eigenvalue weighted by atomic mass is 10.1. The second kappa shape index (κ2) is 12.0. The molecule has 2 heterocycles. The molecule has 3 rings (SSSR count). The van der Waals surface area contributed by atoms with Gasteiger partial charge >= 0.3 is 0 Å². The zero-order chi connectivity index (χ0) is 24.7. The lowest BCUT2D eigenvalue weighted by molar-refractivity contribution is 0.158. The van der Waals surface area contributed by atoms with Gasteiger partial charge in [-0.3, -0.25) is 24.4 Å². The van der Waals surface area contributed by atoms with E-state index in [1.54, 1.807) is 34.7 Å². The third-order valence-corrected chi connectivity index (χ3v) is 5.83. The van der Waals surface area contributed by atoms with Gasteiger partial charge in [-0.15, -0.1) is 0 Å². The number of ether oxygens (including phenoxy) is 1. The fourth-order valence-electron chi connectivity index (χ4n) is 3.74. The Balaban J connectivity index is 2.16. The Morgan fingerprint density at radius 1 is 1.26 bits per heavy atom. The average Bonchev–Trinajstić information content (AvgIpc) is 3.13. The first-order valence-corrected chi connectivity index (χ1v) is 11.7. The summed E-state index contributed by atoms with van der Waals surface area (Å²) in [5.74, 6) is 0. The molecule has 0 spiro atoms. The fraction of sp³-hybridized carbons (Fsp3) is 0.400. The monoisotopic (exact) mass is 485 g/mol. The highest BCUT2D eigenvalue weighted by Crippen LogP contribution is 2.27. The molecule has 1 N–H and O–H groups in total. The molecular formula is C25H32ClN5O3. The van der Waals surface area contributed by atoms with Crippen LogP contribution in [0.25, 0.3) is 22.2 Å². The summed E-state index contributed by atoms with van der Waals surface area (Å²) in [6.45, 7) is 6.61. The zero-order valence-corrected chi connectivity index (χ0v) is 20.9. The quantitative estimate of drug-likeness (QED) is 0.419. The Morgan fingerprint density at radius 2 is 2.06 bits per heavy atom. The molecule has 0 atom stereocenters. The Morgan fingerprint density at radius 3 is 2.74 bits per heavy atom. The molecule has 0 unspecified atom stereocenters. The largest absolute Gasteiger partial charge is 0.383 e. The van der Waals surface area contributed by atoms with Crippen LogP contribution in [-0.2, 0) is 17.8 Å². The zero-order valence-electron chi connectivity index (χ0n) is 20.2. The van der Waals surface area contributed by atoms with Crippen molar-refractivity contribution in [2.45, 2.75) is 33.4 Å². The van der Waals surface area contributed by atoms with Gasteiger partial charge in [-0.05, 0) is 32.5 Å². The van der Waals surface area contributed by atoms with Crippen molar-refractivity contribution in [3.63, 3.8) is 0 Å². The summed E-state index contributed by atoms with van der Waals surface area (Å²) in [6, 6.07) is 8.68. The van der Waals surface area contributed by atoms with Gasteiger partial charge in [0.05, 0.1) is 42.0 Å². The lowest BCUT2D eigenvalue weighted by Crippen LogP contribution is -2.30. The van der Waals surface area contributed by atoms with Crippen LogP contribution in [0, 0.1) is 0 Å². The van der Waals surface area contributed by atoms with Crippen LogP contribution in [-0.4, -0.2) is 59.3 Å². The van der Waals surface area contributed by atoms with Gasteiger partial charge in [0, 0.05) is 43.1 Å². The van der Waals surface area contributed by atoms with Crippen molar-refractivity contribution >= 4 is 28.7 Å². The number of nitrogens with one attached hydrogen (secondary N) is 1. The van der Waals surface area contributed by atoms with Gasteiger partial charge in [0.15, 0.2) is 0 Å². The molecule has 0 fully saturated rings. The van der Waals surface area contributed by atoms with E-state index in [1.165, 1.54) is 6.07 Å². The Labute approximate surface area is 204 Å². The van der Waals surface area contributed by atoms with Gasteiger partial charge in [0.25, 0.3) is 11.1 Å². The van der Waals surface area contributed by atoms with Gasteiger partial charge in [0.2, 0.25) is 0 Å². The molecule has 0 aliphatic heterocycles. The number of pyridine rings is 1. The maximum atomic E-state index is 13.5.